The number of pyridine rings is 1. The number of H-pyrrole nitrogens is 1. The van der Waals surface area contributed by atoms with Gasteiger partial charge in [-0.2, -0.15) is 0 Å². The first kappa shape index (κ1) is 20.3. The van der Waals surface area contributed by atoms with Crippen molar-refractivity contribution in [2.45, 2.75) is 20.4 Å². The van der Waals surface area contributed by atoms with Gasteiger partial charge in [0.1, 0.15) is 17.9 Å². The Labute approximate surface area is 177 Å². The number of rotatable bonds is 6. The molecule has 1 aromatic carbocycles. The molecular weight excluding hydrogens is 396 g/mol. The van der Waals surface area contributed by atoms with Crippen molar-refractivity contribution in [3.63, 3.8) is 0 Å². The summed E-state index contributed by atoms with van der Waals surface area (Å²) in [5.74, 6) is -1.63. The zero-order valence-electron chi connectivity index (χ0n) is 17.1. The highest BCUT2D eigenvalue weighted by Crippen LogP contribution is 2.22. The van der Waals surface area contributed by atoms with Gasteiger partial charge in [0.05, 0.1) is 10.9 Å². The van der Waals surface area contributed by atoms with Crippen LogP contribution in [0, 0.1) is 11.8 Å². The number of nitrogens with one attached hydrogen (secondary N) is 2. The number of benzene rings is 1. The van der Waals surface area contributed by atoms with E-state index in [-0.39, 0.29) is 18.0 Å². The fourth-order valence-electron chi connectivity index (χ4n) is 3.72. The lowest BCUT2D eigenvalue weighted by atomic mass is 9.94. The molecule has 0 saturated heterocycles. The quantitative estimate of drug-likeness (QED) is 0.409. The molecule has 0 fully saturated rings. The van der Waals surface area contributed by atoms with Gasteiger partial charge >= 0.3 is 0 Å². The lowest BCUT2D eigenvalue weighted by molar-refractivity contribution is -0.135. The molecule has 2 amide bonds. The van der Waals surface area contributed by atoms with Crippen molar-refractivity contribution in [1.82, 2.24) is 24.8 Å². The summed E-state index contributed by atoms with van der Waals surface area (Å²) in [6.07, 6.45) is 3.16. The lowest BCUT2D eigenvalue weighted by Crippen LogP contribution is -2.41. The van der Waals surface area contributed by atoms with Crippen LogP contribution in [0.4, 0.5) is 0 Å². The minimum atomic E-state index is -0.882. The number of hydrogen-bond acceptors (Lipinski definition) is 5. The number of carbonyl (C=O) groups excluding carboxylic acids is 2. The number of aromatic amines is 1. The van der Waals surface area contributed by atoms with Crippen LogP contribution in [0.2, 0.25) is 0 Å². The van der Waals surface area contributed by atoms with Gasteiger partial charge in [-0.25, -0.2) is 9.97 Å². The molecule has 3 heterocycles. The van der Waals surface area contributed by atoms with E-state index >= 15 is 0 Å². The predicted molar refractivity (Wildman–Crippen MR) is 116 cm³/mol. The van der Waals surface area contributed by atoms with Gasteiger partial charge < -0.3 is 16.0 Å². The topological polar surface area (TPSA) is 136 Å². The Balaban J connectivity index is 1.68. The highest BCUT2D eigenvalue weighted by Gasteiger charge is 2.27. The van der Waals surface area contributed by atoms with Gasteiger partial charge in [-0.15, -0.1) is 0 Å². The molecule has 4 N–H and O–H groups in total. The molecule has 31 heavy (non-hydrogen) atoms. The third-order valence-electron chi connectivity index (χ3n) is 5.23. The van der Waals surface area contributed by atoms with Crippen molar-refractivity contribution < 1.29 is 9.59 Å². The molecule has 9 nitrogen and oxygen atoms in total. The molecule has 0 saturated carbocycles. The number of primary amides is 1. The van der Waals surface area contributed by atoms with Crippen LogP contribution in [-0.2, 0) is 16.1 Å². The number of nitrogens with two attached hydrogens (primary N) is 1. The van der Waals surface area contributed by atoms with E-state index < -0.39 is 17.7 Å². The molecule has 158 valence electrons. The largest absolute Gasteiger partial charge is 0.369 e. The maximum Gasteiger partial charge on any atom is 0.256 e. The van der Waals surface area contributed by atoms with Gasteiger partial charge in [-0.1, -0.05) is 19.9 Å². The Morgan fingerprint density at radius 2 is 1.97 bits per heavy atom. The van der Waals surface area contributed by atoms with E-state index in [0.717, 1.165) is 16.3 Å². The lowest BCUT2D eigenvalue weighted by Gasteiger charge is -2.17. The fourth-order valence-corrected chi connectivity index (χ4v) is 3.72. The van der Waals surface area contributed by atoms with Crippen LogP contribution in [0.25, 0.3) is 27.8 Å². The van der Waals surface area contributed by atoms with Crippen molar-refractivity contribution in [1.29, 1.82) is 0 Å². The van der Waals surface area contributed by atoms with E-state index in [1.165, 1.54) is 17.0 Å². The summed E-state index contributed by atoms with van der Waals surface area (Å²) in [6.45, 7) is 3.79. The van der Waals surface area contributed by atoms with E-state index in [4.69, 9.17) is 5.73 Å². The molecular formula is C22H22N6O3. The molecule has 0 spiro atoms. The standard InChI is InChI=1S/C22H22N6O3/c1-12(2)18(19(23)30)22(31)25-10-13-3-5-16-14(9-13)4-6-17(29)28(16)21-15-7-8-24-20(15)26-11-27-21/h3-9,11-12,18H,10H2,1-2H3,(H2,23,30)(H,25,31)(H,24,26,27). The minimum absolute atomic E-state index is 0.193. The van der Waals surface area contributed by atoms with Crippen molar-refractivity contribution in [3.8, 4) is 5.82 Å². The average Bonchev–Trinajstić information content (AvgIpc) is 3.21. The molecule has 0 bridgehead atoms. The van der Waals surface area contributed by atoms with Crippen LogP contribution in [0.15, 0.2) is 53.7 Å². The van der Waals surface area contributed by atoms with Gasteiger partial charge in [0.2, 0.25) is 11.8 Å². The average molecular weight is 418 g/mol. The van der Waals surface area contributed by atoms with Crippen LogP contribution in [-0.4, -0.2) is 31.3 Å². The Morgan fingerprint density at radius 3 is 2.71 bits per heavy atom. The minimum Gasteiger partial charge on any atom is -0.369 e. The zero-order valence-corrected chi connectivity index (χ0v) is 17.1. The highest BCUT2D eigenvalue weighted by molar-refractivity contribution is 5.99. The van der Waals surface area contributed by atoms with Crippen molar-refractivity contribution >= 4 is 33.8 Å². The third-order valence-corrected chi connectivity index (χ3v) is 5.23. The van der Waals surface area contributed by atoms with Crippen LogP contribution in [0.3, 0.4) is 0 Å². The molecule has 9 heteroatoms. The summed E-state index contributed by atoms with van der Waals surface area (Å²) in [4.78, 5) is 48.1. The smallest absolute Gasteiger partial charge is 0.256 e. The zero-order chi connectivity index (χ0) is 22.1. The number of aromatic nitrogens is 4. The molecule has 4 rings (SSSR count). The number of fused-ring (bicyclic) bond motifs is 2. The van der Waals surface area contributed by atoms with E-state index in [2.05, 4.69) is 20.3 Å². The fraction of sp³-hybridized carbons (Fsp3) is 0.227. The molecule has 1 unspecified atom stereocenters. The van der Waals surface area contributed by atoms with Gasteiger partial charge in [-0.05, 0) is 41.1 Å². The second kappa shape index (κ2) is 8.02. The molecule has 4 aromatic rings. The summed E-state index contributed by atoms with van der Waals surface area (Å²) in [7, 11) is 0. The van der Waals surface area contributed by atoms with Crippen molar-refractivity contribution in [2.75, 3.05) is 0 Å². The number of carbonyl (C=O) groups is 2. The normalized spacial score (nSPS) is 12.4. The van der Waals surface area contributed by atoms with Crippen LogP contribution in [0.1, 0.15) is 19.4 Å². The Bertz CT molecular complexity index is 1350. The maximum atomic E-state index is 12.7. The number of nitrogens with zero attached hydrogens (tertiary/aromatic N) is 3. The first-order valence-electron chi connectivity index (χ1n) is 9.87. The maximum absolute atomic E-state index is 12.7. The van der Waals surface area contributed by atoms with Gasteiger partial charge in [0.15, 0.2) is 5.82 Å². The number of amides is 2. The van der Waals surface area contributed by atoms with E-state index in [1.54, 1.807) is 26.1 Å². The molecule has 0 aliphatic heterocycles. The van der Waals surface area contributed by atoms with E-state index in [9.17, 15) is 14.4 Å². The monoisotopic (exact) mass is 418 g/mol. The molecule has 3 aromatic heterocycles. The Hall–Kier alpha value is -4.01. The van der Waals surface area contributed by atoms with Crippen molar-refractivity contribution in [2.24, 2.45) is 17.6 Å². The molecule has 1 atom stereocenters. The van der Waals surface area contributed by atoms with Crippen LogP contribution < -0.4 is 16.6 Å². The third kappa shape index (κ3) is 3.77. The second-order valence-corrected chi connectivity index (χ2v) is 7.68. The number of hydrogen-bond donors (Lipinski definition) is 3. The van der Waals surface area contributed by atoms with E-state index in [1.807, 2.05) is 24.3 Å². The van der Waals surface area contributed by atoms with Gasteiger partial charge in [0.25, 0.3) is 5.56 Å². The van der Waals surface area contributed by atoms with E-state index in [0.29, 0.717) is 17.0 Å². The second-order valence-electron chi connectivity index (χ2n) is 7.68. The van der Waals surface area contributed by atoms with Crippen molar-refractivity contribution in [3.05, 3.63) is 64.8 Å². The molecule has 0 radical (unpaired) electrons. The summed E-state index contributed by atoms with van der Waals surface area (Å²) < 4.78 is 1.54. The SMILES string of the molecule is CC(C)C(C(N)=O)C(=O)NCc1ccc2c(ccc(=O)n2-c2ncnc3[nH]ccc23)c1. The highest BCUT2D eigenvalue weighted by atomic mass is 16.2. The predicted octanol–water partition coefficient (Wildman–Crippen LogP) is 1.64. The van der Waals surface area contributed by atoms with Gasteiger partial charge in [-0.3, -0.25) is 19.0 Å². The Kier molecular flexibility index (Phi) is 5.24. The summed E-state index contributed by atoms with van der Waals surface area (Å²) in [6, 6.07) is 10.6. The van der Waals surface area contributed by atoms with Crippen LogP contribution in [0.5, 0.6) is 0 Å². The molecule has 0 aliphatic rings. The molecule has 0 aliphatic carbocycles. The van der Waals surface area contributed by atoms with Gasteiger partial charge in [0, 0.05) is 18.8 Å². The summed E-state index contributed by atoms with van der Waals surface area (Å²) in [5.41, 5.74) is 7.29. The first-order chi connectivity index (χ1) is 14.9. The summed E-state index contributed by atoms with van der Waals surface area (Å²) >= 11 is 0. The Morgan fingerprint density at radius 1 is 1.16 bits per heavy atom. The first-order valence-corrected chi connectivity index (χ1v) is 9.87. The summed E-state index contributed by atoms with van der Waals surface area (Å²) in [5, 5.41) is 4.32. The van der Waals surface area contributed by atoms with Crippen LogP contribution >= 0.6 is 0 Å².